The second kappa shape index (κ2) is 6.00. The molecule has 0 aliphatic carbocycles. The van der Waals surface area contributed by atoms with Crippen molar-refractivity contribution in [2.75, 3.05) is 20.3 Å². The molecule has 0 aromatic rings. The number of nitrogens with two attached hydrogens (primary N) is 1. The van der Waals surface area contributed by atoms with Crippen LogP contribution in [-0.2, 0) is 9.47 Å². The molecular formula is C10H19NO2. The highest BCUT2D eigenvalue weighted by Crippen LogP contribution is 2.17. The summed E-state index contributed by atoms with van der Waals surface area (Å²) in [7, 11) is 1.72. The van der Waals surface area contributed by atoms with Gasteiger partial charge in [0.1, 0.15) is 0 Å². The second-order valence-electron chi connectivity index (χ2n) is 3.41. The highest BCUT2D eigenvalue weighted by molar-refractivity contribution is 5.08. The quantitative estimate of drug-likeness (QED) is 0.659. The van der Waals surface area contributed by atoms with E-state index in [-0.39, 0.29) is 6.04 Å². The maximum absolute atomic E-state index is 5.99. The van der Waals surface area contributed by atoms with Crippen LogP contribution in [0.2, 0.25) is 0 Å². The van der Waals surface area contributed by atoms with E-state index in [0.29, 0.717) is 0 Å². The van der Waals surface area contributed by atoms with Gasteiger partial charge in [0, 0.05) is 19.8 Å². The lowest BCUT2D eigenvalue weighted by atomic mass is 9.99. The van der Waals surface area contributed by atoms with Crippen LogP contribution in [0.4, 0.5) is 0 Å². The summed E-state index contributed by atoms with van der Waals surface area (Å²) >= 11 is 0. The number of ether oxygens (including phenoxy) is 2. The minimum Gasteiger partial charge on any atom is -0.501 e. The van der Waals surface area contributed by atoms with Crippen LogP contribution in [0.15, 0.2) is 11.8 Å². The molecule has 0 aromatic heterocycles. The van der Waals surface area contributed by atoms with Crippen molar-refractivity contribution in [2.24, 2.45) is 5.73 Å². The molecule has 3 heteroatoms. The van der Waals surface area contributed by atoms with Gasteiger partial charge in [-0.2, -0.15) is 0 Å². The van der Waals surface area contributed by atoms with Crippen LogP contribution >= 0.6 is 0 Å². The van der Waals surface area contributed by atoms with Gasteiger partial charge in [-0.05, 0) is 31.3 Å². The van der Waals surface area contributed by atoms with E-state index < -0.39 is 0 Å². The third-order valence-electron chi connectivity index (χ3n) is 2.30. The van der Waals surface area contributed by atoms with Gasteiger partial charge in [0.2, 0.25) is 0 Å². The molecule has 76 valence electrons. The van der Waals surface area contributed by atoms with E-state index >= 15 is 0 Å². The molecule has 0 aromatic carbocycles. The molecule has 0 saturated heterocycles. The first-order chi connectivity index (χ1) is 6.34. The predicted octanol–water partition coefficient (Wildman–Crippen LogP) is 1.43. The molecule has 1 rings (SSSR count). The molecule has 1 aliphatic rings. The molecular weight excluding hydrogens is 166 g/mol. The highest BCUT2D eigenvalue weighted by Gasteiger charge is 2.12. The van der Waals surface area contributed by atoms with Gasteiger partial charge in [-0.3, -0.25) is 0 Å². The third-order valence-corrected chi connectivity index (χ3v) is 2.30. The summed E-state index contributed by atoms with van der Waals surface area (Å²) in [5, 5.41) is 0. The van der Waals surface area contributed by atoms with Crippen molar-refractivity contribution in [1.29, 1.82) is 0 Å². The predicted molar refractivity (Wildman–Crippen MR) is 52.4 cm³/mol. The Balaban J connectivity index is 2.21. The van der Waals surface area contributed by atoms with Crippen molar-refractivity contribution in [3.05, 3.63) is 11.8 Å². The first-order valence-electron chi connectivity index (χ1n) is 4.89. The van der Waals surface area contributed by atoms with E-state index in [4.69, 9.17) is 15.2 Å². The van der Waals surface area contributed by atoms with Gasteiger partial charge in [-0.1, -0.05) is 0 Å². The summed E-state index contributed by atoms with van der Waals surface area (Å²) in [6, 6.07) is 0.162. The topological polar surface area (TPSA) is 44.5 Å². The number of hydrogen-bond donors (Lipinski definition) is 1. The summed E-state index contributed by atoms with van der Waals surface area (Å²) in [6.07, 6.45) is 6.04. The number of methoxy groups -OCH3 is 1. The summed E-state index contributed by atoms with van der Waals surface area (Å²) in [6.45, 7) is 1.64. The second-order valence-corrected chi connectivity index (χ2v) is 3.41. The molecule has 13 heavy (non-hydrogen) atoms. The summed E-state index contributed by atoms with van der Waals surface area (Å²) in [5.41, 5.74) is 7.24. The van der Waals surface area contributed by atoms with Crippen LogP contribution in [0, 0.1) is 0 Å². The maximum Gasteiger partial charge on any atom is 0.0876 e. The zero-order valence-corrected chi connectivity index (χ0v) is 8.29. The van der Waals surface area contributed by atoms with Crippen molar-refractivity contribution < 1.29 is 9.47 Å². The third kappa shape index (κ3) is 3.79. The molecule has 0 saturated carbocycles. The van der Waals surface area contributed by atoms with Crippen molar-refractivity contribution in [3.63, 3.8) is 0 Å². The Morgan fingerprint density at radius 3 is 3.15 bits per heavy atom. The maximum atomic E-state index is 5.99. The molecule has 1 aliphatic heterocycles. The lowest BCUT2D eigenvalue weighted by Crippen LogP contribution is -2.25. The van der Waals surface area contributed by atoms with Gasteiger partial charge in [-0.15, -0.1) is 0 Å². The minimum atomic E-state index is 0.162. The summed E-state index contributed by atoms with van der Waals surface area (Å²) in [4.78, 5) is 0. The fourth-order valence-electron chi connectivity index (χ4n) is 1.49. The SMILES string of the molecule is COCCCC(N)C1=COCCC1. The molecule has 0 radical (unpaired) electrons. The minimum absolute atomic E-state index is 0.162. The van der Waals surface area contributed by atoms with Crippen LogP contribution in [0.1, 0.15) is 25.7 Å². The zero-order valence-electron chi connectivity index (χ0n) is 8.29. The van der Waals surface area contributed by atoms with E-state index in [1.165, 1.54) is 5.57 Å². The Kier molecular flexibility index (Phi) is 4.86. The largest absolute Gasteiger partial charge is 0.501 e. The van der Waals surface area contributed by atoms with Gasteiger partial charge in [0.15, 0.2) is 0 Å². The molecule has 3 nitrogen and oxygen atoms in total. The Morgan fingerprint density at radius 1 is 1.69 bits per heavy atom. The number of rotatable bonds is 5. The fourth-order valence-corrected chi connectivity index (χ4v) is 1.49. The Bertz CT molecular complexity index is 168. The van der Waals surface area contributed by atoms with Crippen LogP contribution < -0.4 is 5.73 Å². The normalized spacial score (nSPS) is 19.1. The van der Waals surface area contributed by atoms with Crippen LogP contribution in [0.3, 0.4) is 0 Å². The van der Waals surface area contributed by atoms with Gasteiger partial charge < -0.3 is 15.2 Å². The standard InChI is InChI=1S/C10H19NO2/c1-12-6-3-5-10(11)9-4-2-7-13-8-9/h8,10H,2-7,11H2,1H3. The van der Waals surface area contributed by atoms with E-state index in [1.54, 1.807) is 7.11 Å². The first-order valence-corrected chi connectivity index (χ1v) is 4.89. The molecule has 0 bridgehead atoms. The lowest BCUT2D eigenvalue weighted by Gasteiger charge is -2.19. The molecule has 1 heterocycles. The van der Waals surface area contributed by atoms with Gasteiger partial charge in [0.05, 0.1) is 12.9 Å². The Labute approximate surface area is 79.9 Å². The molecule has 0 spiro atoms. The van der Waals surface area contributed by atoms with Crippen molar-refractivity contribution >= 4 is 0 Å². The van der Waals surface area contributed by atoms with Crippen LogP contribution in [0.25, 0.3) is 0 Å². The Hall–Kier alpha value is -0.540. The molecule has 1 unspecified atom stereocenters. The van der Waals surface area contributed by atoms with Crippen LogP contribution in [0.5, 0.6) is 0 Å². The van der Waals surface area contributed by atoms with Crippen LogP contribution in [-0.4, -0.2) is 26.4 Å². The van der Waals surface area contributed by atoms with E-state index in [9.17, 15) is 0 Å². The molecule has 0 amide bonds. The average molecular weight is 185 g/mol. The Morgan fingerprint density at radius 2 is 2.54 bits per heavy atom. The van der Waals surface area contributed by atoms with E-state index in [1.807, 2.05) is 6.26 Å². The highest BCUT2D eigenvalue weighted by atomic mass is 16.5. The van der Waals surface area contributed by atoms with E-state index in [0.717, 1.165) is 38.9 Å². The van der Waals surface area contributed by atoms with E-state index in [2.05, 4.69) is 0 Å². The number of hydrogen-bond acceptors (Lipinski definition) is 3. The van der Waals surface area contributed by atoms with Crippen molar-refractivity contribution in [3.8, 4) is 0 Å². The summed E-state index contributed by atoms with van der Waals surface area (Å²) in [5.74, 6) is 0. The summed E-state index contributed by atoms with van der Waals surface area (Å²) < 4.78 is 10.2. The average Bonchev–Trinajstić information content (AvgIpc) is 2.19. The van der Waals surface area contributed by atoms with Gasteiger partial charge in [0.25, 0.3) is 0 Å². The first kappa shape index (κ1) is 10.5. The molecule has 1 atom stereocenters. The molecule has 2 N–H and O–H groups in total. The van der Waals surface area contributed by atoms with Gasteiger partial charge in [-0.25, -0.2) is 0 Å². The monoisotopic (exact) mass is 185 g/mol. The lowest BCUT2D eigenvalue weighted by molar-refractivity contribution is 0.189. The van der Waals surface area contributed by atoms with Crippen molar-refractivity contribution in [1.82, 2.24) is 0 Å². The smallest absolute Gasteiger partial charge is 0.0876 e. The fraction of sp³-hybridized carbons (Fsp3) is 0.800. The van der Waals surface area contributed by atoms with Gasteiger partial charge >= 0.3 is 0 Å². The van der Waals surface area contributed by atoms with Crippen molar-refractivity contribution in [2.45, 2.75) is 31.7 Å². The molecule has 0 fully saturated rings. The zero-order chi connectivity index (χ0) is 9.52.